The van der Waals surface area contributed by atoms with Gasteiger partial charge in [0.15, 0.2) is 5.78 Å². The fourth-order valence-corrected chi connectivity index (χ4v) is 3.27. The summed E-state index contributed by atoms with van der Waals surface area (Å²) in [6, 6.07) is 5.53. The summed E-state index contributed by atoms with van der Waals surface area (Å²) in [4.78, 5) is 12.2. The Morgan fingerprint density at radius 1 is 1.26 bits per heavy atom. The topological polar surface area (TPSA) is 26.3 Å². The van der Waals surface area contributed by atoms with Crippen LogP contribution in [0.4, 0.5) is 13.2 Å². The third-order valence-electron chi connectivity index (χ3n) is 2.85. The highest BCUT2D eigenvalue weighted by molar-refractivity contribution is 8.00. The number of carbonyl (C=O) groups is 1. The molecule has 1 atom stereocenters. The Morgan fingerprint density at radius 2 is 2.00 bits per heavy atom. The van der Waals surface area contributed by atoms with Gasteiger partial charge in [0.1, 0.15) is 5.75 Å². The van der Waals surface area contributed by atoms with E-state index in [-0.39, 0.29) is 16.6 Å². The number of benzene rings is 1. The summed E-state index contributed by atoms with van der Waals surface area (Å²) in [5.41, 5.74) is 0.0132. The third-order valence-corrected chi connectivity index (χ3v) is 4.23. The number of carbonyl (C=O) groups excluding carboxylic acids is 1. The lowest BCUT2D eigenvalue weighted by molar-refractivity contribution is -0.274. The van der Waals surface area contributed by atoms with Crippen LogP contribution in [0.2, 0.25) is 0 Å². The van der Waals surface area contributed by atoms with E-state index in [2.05, 4.69) is 4.74 Å². The van der Waals surface area contributed by atoms with Gasteiger partial charge in [-0.2, -0.15) is 11.8 Å². The zero-order chi connectivity index (χ0) is 13.9. The third kappa shape index (κ3) is 3.89. The molecule has 1 unspecified atom stereocenters. The highest BCUT2D eigenvalue weighted by Gasteiger charge is 2.34. The van der Waals surface area contributed by atoms with E-state index in [4.69, 9.17) is 0 Å². The predicted octanol–water partition coefficient (Wildman–Crippen LogP) is 4.05. The second-order valence-corrected chi connectivity index (χ2v) is 5.57. The summed E-state index contributed by atoms with van der Waals surface area (Å²) in [5.74, 6) is 0.189. The summed E-state index contributed by atoms with van der Waals surface area (Å²) in [6.07, 6.45) is -2.08. The number of thioether (sulfide) groups is 1. The number of Topliss-reactive ketones (excluding diaryl/α,β-unsaturated/α-hetero) is 1. The zero-order valence-electron chi connectivity index (χ0n) is 10.1. The number of para-hydroxylation sites is 1. The van der Waals surface area contributed by atoms with Gasteiger partial charge < -0.3 is 4.74 Å². The maximum Gasteiger partial charge on any atom is 0.573 e. The predicted molar refractivity (Wildman–Crippen MR) is 67.6 cm³/mol. The van der Waals surface area contributed by atoms with Crippen LogP contribution in [0, 0.1) is 0 Å². The van der Waals surface area contributed by atoms with E-state index in [1.807, 2.05) is 0 Å². The van der Waals surface area contributed by atoms with Crippen molar-refractivity contribution in [3.8, 4) is 5.75 Å². The number of ether oxygens (including phenoxy) is 1. The first kappa shape index (κ1) is 14.2. The van der Waals surface area contributed by atoms with E-state index in [1.54, 1.807) is 6.07 Å². The molecule has 0 bridgehead atoms. The molecule has 19 heavy (non-hydrogen) atoms. The second-order valence-electron chi connectivity index (χ2n) is 4.26. The molecule has 2 nitrogen and oxygen atoms in total. The van der Waals surface area contributed by atoms with Crippen LogP contribution in [-0.4, -0.2) is 23.1 Å². The normalized spacial score (nSPS) is 20.1. The lowest BCUT2D eigenvalue weighted by Gasteiger charge is -2.21. The highest BCUT2D eigenvalue weighted by atomic mass is 32.2. The molecular formula is C13H13F3O2S. The van der Waals surface area contributed by atoms with E-state index < -0.39 is 12.1 Å². The quantitative estimate of drug-likeness (QED) is 0.785. The Bertz CT molecular complexity index is 453. The van der Waals surface area contributed by atoms with Gasteiger partial charge in [-0.3, -0.25) is 4.79 Å². The summed E-state index contributed by atoms with van der Waals surface area (Å²) >= 11 is 1.51. The molecule has 0 spiro atoms. The van der Waals surface area contributed by atoms with Crippen molar-refractivity contribution in [1.82, 2.24) is 0 Å². The van der Waals surface area contributed by atoms with Gasteiger partial charge in [0, 0.05) is 0 Å². The minimum Gasteiger partial charge on any atom is -0.405 e. The lowest BCUT2D eigenvalue weighted by Crippen LogP contribution is -2.24. The fraction of sp³-hybridized carbons (Fsp3) is 0.462. The van der Waals surface area contributed by atoms with E-state index in [1.165, 1.54) is 30.0 Å². The minimum absolute atomic E-state index is 0.0132. The second kappa shape index (κ2) is 5.86. The highest BCUT2D eigenvalue weighted by Crippen LogP contribution is 2.32. The molecule has 1 aromatic carbocycles. The first-order valence-corrected chi connectivity index (χ1v) is 7.03. The smallest absolute Gasteiger partial charge is 0.405 e. The van der Waals surface area contributed by atoms with Gasteiger partial charge in [-0.1, -0.05) is 18.6 Å². The van der Waals surface area contributed by atoms with Gasteiger partial charge >= 0.3 is 6.36 Å². The Morgan fingerprint density at radius 3 is 2.63 bits per heavy atom. The van der Waals surface area contributed by atoms with Gasteiger partial charge in [-0.15, -0.1) is 13.2 Å². The molecule has 1 heterocycles. The number of alkyl halides is 3. The van der Waals surface area contributed by atoms with Crippen LogP contribution in [0.15, 0.2) is 24.3 Å². The van der Waals surface area contributed by atoms with Crippen LogP contribution in [0.25, 0.3) is 0 Å². The summed E-state index contributed by atoms with van der Waals surface area (Å²) in [6.45, 7) is 0. The SMILES string of the molecule is O=C(c1ccccc1OC(F)(F)F)C1CCCCS1. The first-order valence-electron chi connectivity index (χ1n) is 5.98. The summed E-state index contributed by atoms with van der Waals surface area (Å²) in [7, 11) is 0. The van der Waals surface area contributed by atoms with Crippen LogP contribution in [0.3, 0.4) is 0 Å². The molecule has 1 aliphatic rings. The molecule has 6 heteroatoms. The monoisotopic (exact) mass is 290 g/mol. The molecule has 0 radical (unpaired) electrons. The van der Waals surface area contributed by atoms with E-state index in [9.17, 15) is 18.0 Å². The van der Waals surface area contributed by atoms with Crippen molar-refractivity contribution < 1.29 is 22.7 Å². The summed E-state index contributed by atoms with van der Waals surface area (Å²) in [5, 5.41) is -0.258. The fourth-order valence-electron chi connectivity index (χ4n) is 2.00. The van der Waals surface area contributed by atoms with E-state index in [0.717, 1.165) is 18.6 Å². The summed E-state index contributed by atoms with van der Waals surface area (Å²) < 4.78 is 40.8. The van der Waals surface area contributed by atoms with Crippen molar-refractivity contribution in [1.29, 1.82) is 0 Å². The van der Waals surface area contributed by atoms with Crippen LogP contribution < -0.4 is 4.74 Å². The van der Waals surface area contributed by atoms with Gasteiger partial charge in [0.05, 0.1) is 10.8 Å². The molecule has 0 aromatic heterocycles. The number of halogens is 3. The van der Waals surface area contributed by atoms with Crippen molar-refractivity contribution in [2.75, 3.05) is 5.75 Å². The Balaban J connectivity index is 2.21. The van der Waals surface area contributed by atoms with Gasteiger partial charge in [0.2, 0.25) is 0 Å². The molecule has 1 saturated heterocycles. The van der Waals surface area contributed by atoms with E-state index >= 15 is 0 Å². The van der Waals surface area contributed by atoms with Gasteiger partial charge in [-0.25, -0.2) is 0 Å². The maximum absolute atomic E-state index is 12.3. The van der Waals surface area contributed by atoms with Crippen LogP contribution in [-0.2, 0) is 0 Å². The van der Waals surface area contributed by atoms with Gasteiger partial charge in [0.25, 0.3) is 0 Å². The molecule has 2 rings (SSSR count). The molecule has 1 fully saturated rings. The van der Waals surface area contributed by atoms with Crippen LogP contribution in [0.5, 0.6) is 5.75 Å². The minimum atomic E-state index is -4.78. The maximum atomic E-state index is 12.3. The standard InChI is InChI=1S/C13H13F3O2S/c14-13(15,16)18-10-6-2-1-5-9(10)12(17)11-7-3-4-8-19-11/h1-2,5-6,11H,3-4,7-8H2. The average Bonchev–Trinajstić information content (AvgIpc) is 2.38. The van der Waals surface area contributed by atoms with Gasteiger partial charge in [-0.05, 0) is 30.7 Å². The van der Waals surface area contributed by atoms with Crippen LogP contribution >= 0.6 is 11.8 Å². The van der Waals surface area contributed by atoms with Crippen molar-refractivity contribution >= 4 is 17.5 Å². The Kier molecular flexibility index (Phi) is 4.39. The first-order chi connectivity index (χ1) is 8.97. The number of hydrogen-bond donors (Lipinski definition) is 0. The zero-order valence-corrected chi connectivity index (χ0v) is 10.9. The Labute approximate surface area is 113 Å². The largest absolute Gasteiger partial charge is 0.573 e. The molecule has 0 amide bonds. The average molecular weight is 290 g/mol. The number of hydrogen-bond acceptors (Lipinski definition) is 3. The molecule has 104 valence electrons. The number of rotatable bonds is 3. The molecule has 1 aromatic rings. The molecule has 0 aliphatic carbocycles. The van der Waals surface area contributed by atoms with Crippen molar-refractivity contribution in [3.63, 3.8) is 0 Å². The lowest BCUT2D eigenvalue weighted by atomic mass is 10.0. The Hall–Kier alpha value is -1.17. The van der Waals surface area contributed by atoms with Crippen molar-refractivity contribution in [2.45, 2.75) is 30.9 Å². The number of ketones is 1. The molecule has 1 aliphatic heterocycles. The van der Waals surface area contributed by atoms with Crippen molar-refractivity contribution in [3.05, 3.63) is 29.8 Å². The van der Waals surface area contributed by atoms with Crippen LogP contribution in [0.1, 0.15) is 29.6 Å². The molecule has 0 saturated carbocycles. The van der Waals surface area contributed by atoms with Crippen molar-refractivity contribution in [2.24, 2.45) is 0 Å². The molecular weight excluding hydrogens is 277 g/mol. The molecule has 0 N–H and O–H groups in total. The van der Waals surface area contributed by atoms with E-state index in [0.29, 0.717) is 6.42 Å².